The molecule has 0 bridgehead atoms. The van der Waals surface area contributed by atoms with Gasteiger partial charge in [0.05, 0.1) is 0 Å². The van der Waals surface area contributed by atoms with Gasteiger partial charge in [-0.05, 0) is 51.1 Å². The molecule has 8 aromatic carbocycles. The van der Waals surface area contributed by atoms with Crippen molar-refractivity contribution in [1.82, 2.24) is 15.0 Å². The number of furan rings is 1. The third kappa shape index (κ3) is 6.16. The summed E-state index contributed by atoms with van der Waals surface area (Å²) in [4.78, 5) is 15.3. The van der Waals surface area contributed by atoms with Gasteiger partial charge in [-0.25, -0.2) is 15.0 Å². The molecule has 0 spiro atoms. The number of nitrogens with zero attached hydrogens (tertiary/aromatic N) is 3. The molecule has 0 unspecified atom stereocenters. The quantitative estimate of drug-likeness (QED) is 0.166. The second-order valence-electron chi connectivity index (χ2n) is 13.6. The normalized spacial score (nSPS) is 11.3. The molecule has 0 fully saturated rings. The zero-order valence-corrected chi connectivity index (χ0v) is 29.8. The van der Waals surface area contributed by atoms with E-state index < -0.39 is 0 Å². The lowest BCUT2D eigenvalue weighted by Gasteiger charge is -2.11. The molecule has 10 aromatic rings. The Hall–Kier alpha value is -7.43. The minimum absolute atomic E-state index is 0.590. The Labute approximate surface area is 319 Å². The Kier molecular flexibility index (Phi) is 8.12. The molecule has 2 aromatic heterocycles. The highest BCUT2D eigenvalue weighted by Gasteiger charge is 2.20. The van der Waals surface area contributed by atoms with Crippen LogP contribution in [-0.2, 0) is 0 Å². The van der Waals surface area contributed by atoms with E-state index in [1.54, 1.807) is 0 Å². The van der Waals surface area contributed by atoms with Crippen molar-refractivity contribution in [1.29, 1.82) is 0 Å². The monoisotopic (exact) mass is 703 g/mol. The molecule has 0 N–H and O–H groups in total. The number of hydrogen-bond donors (Lipinski definition) is 0. The van der Waals surface area contributed by atoms with E-state index in [0.717, 1.165) is 60.9 Å². The van der Waals surface area contributed by atoms with Gasteiger partial charge in [0.2, 0.25) is 0 Å². The molecule has 0 amide bonds. The maximum atomic E-state index is 6.67. The zero-order chi connectivity index (χ0) is 36.6. The van der Waals surface area contributed by atoms with Crippen LogP contribution < -0.4 is 0 Å². The van der Waals surface area contributed by atoms with Gasteiger partial charge in [-0.2, -0.15) is 0 Å². The second kappa shape index (κ2) is 13.8. The molecule has 0 saturated carbocycles. The first-order chi connectivity index (χ1) is 27.2. The molecule has 0 atom stereocenters. The Morgan fingerprint density at radius 2 is 0.727 bits per heavy atom. The lowest BCUT2D eigenvalue weighted by molar-refractivity contribution is 0.670. The lowest BCUT2D eigenvalue weighted by atomic mass is 9.98. The van der Waals surface area contributed by atoms with Gasteiger partial charge in [0.1, 0.15) is 11.2 Å². The Morgan fingerprint density at radius 1 is 0.291 bits per heavy atom. The van der Waals surface area contributed by atoms with Gasteiger partial charge in [-0.1, -0.05) is 188 Å². The summed E-state index contributed by atoms with van der Waals surface area (Å²) in [5.74, 6) is 1.81. The minimum Gasteiger partial charge on any atom is -0.455 e. The van der Waals surface area contributed by atoms with Crippen LogP contribution in [0.4, 0.5) is 0 Å². The summed E-state index contributed by atoms with van der Waals surface area (Å²) in [5.41, 5.74) is 13.4. The fraction of sp³-hybridized carbons (Fsp3) is 0. The highest BCUT2D eigenvalue weighted by molar-refractivity contribution is 6.15. The van der Waals surface area contributed by atoms with Crippen LogP contribution in [0.2, 0.25) is 0 Å². The van der Waals surface area contributed by atoms with Gasteiger partial charge < -0.3 is 4.42 Å². The molecular weight excluding hydrogens is 671 g/mol. The van der Waals surface area contributed by atoms with Gasteiger partial charge in [0, 0.05) is 33.0 Å². The van der Waals surface area contributed by atoms with Crippen molar-refractivity contribution in [2.75, 3.05) is 0 Å². The zero-order valence-electron chi connectivity index (χ0n) is 29.8. The van der Waals surface area contributed by atoms with E-state index >= 15 is 0 Å². The third-order valence-corrected chi connectivity index (χ3v) is 10.2. The van der Waals surface area contributed by atoms with Crippen LogP contribution in [-0.4, -0.2) is 15.0 Å². The summed E-state index contributed by atoms with van der Waals surface area (Å²) in [6, 6.07) is 69.2. The minimum atomic E-state index is 0.590. The summed E-state index contributed by atoms with van der Waals surface area (Å²) in [7, 11) is 0. The SMILES string of the molecule is c1ccc(-c2ccc(-c3cccc(-c4nc(-c5ccccc5)nc(-c5cccc6oc7c(-c8ccc(-c9ccccc9)cc8)cccc7c56)n4)c3)cc2)cc1. The molecule has 0 radical (unpaired) electrons. The molecule has 2 heterocycles. The van der Waals surface area contributed by atoms with Crippen LogP contribution in [0.3, 0.4) is 0 Å². The van der Waals surface area contributed by atoms with Crippen molar-refractivity contribution in [3.8, 4) is 78.7 Å². The summed E-state index contributed by atoms with van der Waals surface area (Å²) in [5, 5.41) is 1.99. The predicted octanol–water partition coefficient (Wildman–Crippen LogP) is 13.4. The van der Waals surface area contributed by atoms with E-state index in [0.29, 0.717) is 17.5 Å². The van der Waals surface area contributed by atoms with Crippen LogP contribution >= 0.6 is 0 Å². The van der Waals surface area contributed by atoms with E-state index in [1.807, 2.05) is 54.6 Å². The van der Waals surface area contributed by atoms with E-state index in [4.69, 9.17) is 19.4 Å². The predicted molar refractivity (Wildman–Crippen MR) is 225 cm³/mol. The Bertz CT molecular complexity index is 2940. The van der Waals surface area contributed by atoms with Gasteiger partial charge >= 0.3 is 0 Å². The average molecular weight is 704 g/mol. The number of rotatable bonds is 7. The van der Waals surface area contributed by atoms with E-state index in [-0.39, 0.29) is 0 Å². The topological polar surface area (TPSA) is 51.8 Å². The standard InChI is InChI=1S/C51H33N3O/c1-4-13-34(14-5-1)36-25-27-38(28-26-36)41-19-10-20-42(33-41)50-52-49(40-17-8-3-9-18-40)53-51(54-50)45-23-12-24-46-47(45)44-22-11-21-43(48(44)55-46)39-31-29-37(30-32-39)35-15-6-2-7-16-35/h1-33H. The first kappa shape index (κ1) is 32.2. The summed E-state index contributed by atoms with van der Waals surface area (Å²) in [6.07, 6.45) is 0. The largest absolute Gasteiger partial charge is 0.455 e. The van der Waals surface area contributed by atoms with Crippen molar-refractivity contribution in [3.05, 3.63) is 200 Å². The smallest absolute Gasteiger partial charge is 0.164 e. The lowest BCUT2D eigenvalue weighted by Crippen LogP contribution is -2.00. The molecule has 4 heteroatoms. The van der Waals surface area contributed by atoms with Crippen molar-refractivity contribution in [2.24, 2.45) is 0 Å². The third-order valence-electron chi connectivity index (χ3n) is 10.2. The molecule has 4 nitrogen and oxygen atoms in total. The molecular formula is C51H33N3O. The fourth-order valence-corrected chi connectivity index (χ4v) is 7.40. The average Bonchev–Trinajstić information content (AvgIpc) is 3.67. The van der Waals surface area contributed by atoms with Crippen molar-refractivity contribution >= 4 is 21.9 Å². The summed E-state index contributed by atoms with van der Waals surface area (Å²) >= 11 is 0. The molecule has 0 aliphatic rings. The molecule has 0 aliphatic heterocycles. The van der Waals surface area contributed by atoms with Gasteiger partial charge in [-0.3, -0.25) is 0 Å². The molecule has 0 aliphatic carbocycles. The van der Waals surface area contributed by atoms with Crippen molar-refractivity contribution in [3.63, 3.8) is 0 Å². The van der Waals surface area contributed by atoms with Crippen LogP contribution in [0.15, 0.2) is 205 Å². The van der Waals surface area contributed by atoms with E-state index in [9.17, 15) is 0 Å². The van der Waals surface area contributed by atoms with Gasteiger partial charge in [0.25, 0.3) is 0 Å². The molecule has 0 saturated heterocycles. The van der Waals surface area contributed by atoms with Crippen molar-refractivity contribution in [2.45, 2.75) is 0 Å². The van der Waals surface area contributed by atoms with Gasteiger partial charge in [0.15, 0.2) is 17.5 Å². The highest BCUT2D eigenvalue weighted by Crippen LogP contribution is 2.41. The van der Waals surface area contributed by atoms with E-state index in [1.165, 1.54) is 22.3 Å². The van der Waals surface area contributed by atoms with Crippen LogP contribution in [0.25, 0.3) is 101 Å². The number of fused-ring (bicyclic) bond motifs is 3. The molecule has 10 rings (SSSR count). The van der Waals surface area contributed by atoms with Crippen LogP contribution in [0, 0.1) is 0 Å². The number of para-hydroxylation sites is 1. The van der Waals surface area contributed by atoms with Crippen molar-refractivity contribution < 1.29 is 4.42 Å². The Morgan fingerprint density at radius 3 is 1.36 bits per heavy atom. The number of hydrogen-bond acceptors (Lipinski definition) is 4. The summed E-state index contributed by atoms with van der Waals surface area (Å²) < 4.78 is 6.67. The van der Waals surface area contributed by atoms with Gasteiger partial charge in [-0.15, -0.1) is 0 Å². The Balaban J connectivity index is 1.08. The first-order valence-corrected chi connectivity index (χ1v) is 18.4. The first-order valence-electron chi connectivity index (χ1n) is 18.4. The fourth-order valence-electron chi connectivity index (χ4n) is 7.40. The maximum absolute atomic E-state index is 6.67. The maximum Gasteiger partial charge on any atom is 0.164 e. The van der Waals surface area contributed by atoms with Crippen LogP contribution in [0.5, 0.6) is 0 Å². The summed E-state index contributed by atoms with van der Waals surface area (Å²) in [6.45, 7) is 0. The highest BCUT2D eigenvalue weighted by atomic mass is 16.3. The molecule has 258 valence electrons. The number of aromatic nitrogens is 3. The van der Waals surface area contributed by atoms with Crippen LogP contribution in [0.1, 0.15) is 0 Å². The molecule has 55 heavy (non-hydrogen) atoms. The second-order valence-corrected chi connectivity index (χ2v) is 13.6. The van der Waals surface area contributed by atoms with E-state index in [2.05, 4.69) is 146 Å². The number of benzene rings is 8.